The Balaban J connectivity index is 2.90. The molecule has 1 N–H and O–H groups in total. The molecule has 0 saturated carbocycles. The number of halogens is 2. The van der Waals surface area contributed by atoms with Crippen LogP contribution in [-0.4, -0.2) is 15.0 Å². The second-order valence-corrected chi connectivity index (χ2v) is 7.31. The average molecular weight is 305 g/mol. The van der Waals surface area contributed by atoms with Crippen molar-refractivity contribution in [3.63, 3.8) is 0 Å². The maximum atomic E-state index is 13.5. The fourth-order valence-corrected chi connectivity index (χ4v) is 3.35. The molecule has 1 aromatic rings. The highest BCUT2D eigenvalue weighted by molar-refractivity contribution is 7.89. The fourth-order valence-electron chi connectivity index (χ4n) is 2.22. The molecule has 3 nitrogen and oxygen atoms in total. The van der Waals surface area contributed by atoms with Gasteiger partial charge in [0.2, 0.25) is 10.0 Å². The van der Waals surface area contributed by atoms with Gasteiger partial charge in [0.05, 0.1) is 0 Å². The quantitative estimate of drug-likeness (QED) is 0.877. The summed E-state index contributed by atoms with van der Waals surface area (Å²) in [4.78, 5) is -0.523. The molecule has 0 bridgehead atoms. The topological polar surface area (TPSA) is 46.2 Å². The summed E-state index contributed by atoms with van der Waals surface area (Å²) in [5.74, 6) is -1.13. The minimum absolute atomic E-state index is 0.147. The van der Waals surface area contributed by atoms with Crippen molar-refractivity contribution in [1.29, 1.82) is 0 Å². The van der Waals surface area contributed by atoms with Crippen molar-refractivity contribution in [3.8, 4) is 0 Å². The van der Waals surface area contributed by atoms with E-state index in [1.54, 1.807) is 0 Å². The van der Waals surface area contributed by atoms with Gasteiger partial charge in [-0.2, -0.15) is 0 Å². The van der Waals surface area contributed by atoms with E-state index in [4.69, 9.17) is 0 Å². The van der Waals surface area contributed by atoms with E-state index in [-0.39, 0.29) is 12.5 Å². The number of nitrogens with one attached hydrogen (secondary N) is 1. The molecule has 0 heterocycles. The third-order valence-electron chi connectivity index (χ3n) is 3.41. The van der Waals surface area contributed by atoms with Crippen LogP contribution in [0.5, 0.6) is 0 Å². The first-order chi connectivity index (χ1) is 9.15. The van der Waals surface area contributed by atoms with Gasteiger partial charge >= 0.3 is 0 Å². The number of benzene rings is 1. The Labute approximate surface area is 119 Å². The van der Waals surface area contributed by atoms with Gasteiger partial charge < -0.3 is 0 Å². The van der Waals surface area contributed by atoms with Crippen LogP contribution < -0.4 is 4.72 Å². The SMILES string of the molecule is CC(C)C(CNS(=O)(=O)c1ccc(F)cc1F)C(C)C. The summed E-state index contributed by atoms with van der Waals surface area (Å²) in [6.07, 6.45) is 0. The van der Waals surface area contributed by atoms with Crippen molar-refractivity contribution in [2.75, 3.05) is 6.54 Å². The lowest BCUT2D eigenvalue weighted by Gasteiger charge is -2.25. The standard InChI is InChI=1S/C14H21F2NO2S/c1-9(2)12(10(3)4)8-17-20(18,19)14-6-5-11(15)7-13(14)16/h5-7,9-10,12,17H,8H2,1-4H3. The van der Waals surface area contributed by atoms with Crippen molar-refractivity contribution in [2.24, 2.45) is 17.8 Å². The molecule has 0 saturated heterocycles. The molecular weight excluding hydrogens is 284 g/mol. The Morgan fingerprint density at radius 2 is 1.65 bits per heavy atom. The van der Waals surface area contributed by atoms with Crippen molar-refractivity contribution in [3.05, 3.63) is 29.8 Å². The zero-order valence-corrected chi connectivity index (χ0v) is 13.0. The van der Waals surface area contributed by atoms with E-state index in [1.807, 2.05) is 27.7 Å². The van der Waals surface area contributed by atoms with E-state index < -0.39 is 26.6 Å². The first kappa shape index (κ1) is 17.0. The molecule has 0 radical (unpaired) electrons. The van der Waals surface area contributed by atoms with Gasteiger partial charge in [-0.05, 0) is 29.9 Å². The zero-order valence-electron chi connectivity index (χ0n) is 12.2. The highest BCUT2D eigenvalue weighted by Gasteiger charge is 2.23. The van der Waals surface area contributed by atoms with Crippen LogP contribution in [-0.2, 0) is 10.0 Å². The molecule has 1 rings (SSSR count). The molecule has 0 aromatic heterocycles. The van der Waals surface area contributed by atoms with Gasteiger partial charge in [0, 0.05) is 12.6 Å². The third-order valence-corrected chi connectivity index (χ3v) is 4.86. The summed E-state index contributed by atoms with van der Waals surface area (Å²) in [7, 11) is -3.96. The lowest BCUT2D eigenvalue weighted by Crippen LogP contribution is -2.34. The smallest absolute Gasteiger partial charge is 0.211 e. The molecule has 0 aliphatic rings. The van der Waals surface area contributed by atoms with Crippen LogP contribution in [0.25, 0.3) is 0 Å². The van der Waals surface area contributed by atoms with Crippen molar-refractivity contribution in [2.45, 2.75) is 32.6 Å². The van der Waals surface area contributed by atoms with Gasteiger partial charge in [-0.15, -0.1) is 0 Å². The Bertz CT molecular complexity index is 548. The minimum Gasteiger partial charge on any atom is -0.211 e. The van der Waals surface area contributed by atoms with Crippen LogP contribution in [0.15, 0.2) is 23.1 Å². The van der Waals surface area contributed by atoms with Crippen LogP contribution in [0.1, 0.15) is 27.7 Å². The molecule has 0 atom stereocenters. The van der Waals surface area contributed by atoms with Gasteiger partial charge in [0.15, 0.2) is 0 Å². The number of rotatable bonds is 6. The Hall–Kier alpha value is -1.01. The van der Waals surface area contributed by atoms with Gasteiger partial charge in [0.25, 0.3) is 0 Å². The number of hydrogen-bond donors (Lipinski definition) is 1. The summed E-state index contributed by atoms with van der Waals surface area (Å²) in [6, 6.07) is 2.43. The minimum atomic E-state index is -3.96. The van der Waals surface area contributed by atoms with Crippen LogP contribution in [0.3, 0.4) is 0 Å². The van der Waals surface area contributed by atoms with E-state index in [0.717, 1.165) is 12.1 Å². The van der Waals surface area contributed by atoms with E-state index in [1.165, 1.54) is 0 Å². The molecular formula is C14H21F2NO2S. The van der Waals surface area contributed by atoms with Crippen LogP contribution in [0.2, 0.25) is 0 Å². The Kier molecular flexibility index (Phi) is 5.65. The average Bonchev–Trinajstić information content (AvgIpc) is 2.26. The van der Waals surface area contributed by atoms with Crippen molar-refractivity contribution in [1.82, 2.24) is 4.72 Å². The molecule has 0 spiro atoms. The van der Waals surface area contributed by atoms with Crippen LogP contribution >= 0.6 is 0 Å². The maximum Gasteiger partial charge on any atom is 0.243 e. The molecule has 0 aliphatic heterocycles. The first-order valence-electron chi connectivity index (χ1n) is 6.60. The van der Waals surface area contributed by atoms with Gasteiger partial charge in [-0.3, -0.25) is 0 Å². The summed E-state index contributed by atoms with van der Waals surface area (Å²) in [5, 5.41) is 0. The molecule has 6 heteroatoms. The van der Waals surface area contributed by atoms with Crippen molar-refractivity contribution < 1.29 is 17.2 Å². The molecule has 20 heavy (non-hydrogen) atoms. The molecule has 0 amide bonds. The van der Waals surface area contributed by atoms with E-state index >= 15 is 0 Å². The van der Waals surface area contributed by atoms with E-state index in [0.29, 0.717) is 17.9 Å². The van der Waals surface area contributed by atoms with Gasteiger partial charge in [-0.1, -0.05) is 27.7 Å². The largest absolute Gasteiger partial charge is 0.243 e. The lowest BCUT2D eigenvalue weighted by molar-refractivity contribution is 0.289. The summed E-state index contributed by atoms with van der Waals surface area (Å²) in [5.41, 5.74) is 0. The van der Waals surface area contributed by atoms with Crippen LogP contribution in [0.4, 0.5) is 8.78 Å². The zero-order chi connectivity index (χ0) is 15.5. The highest BCUT2D eigenvalue weighted by Crippen LogP contribution is 2.21. The predicted molar refractivity (Wildman–Crippen MR) is 74.7 cm³/mol. The summed E-state index contributed by atoms with van der Waals surface area (Å²) < 4.78 is 52.8. The maximum absolute atomic E-state index is 13.5. The molecule has 0 aliphatic carbocycles. The Morgan fingerprint density at radius 1 is 1.10 bits per heavy atom. The third kappa shape index (κ3) is 4.24. The fraction of sp³-hybridized carbons (Fsp3) is 0.571. The second kappa shape index (κ2) is 6.63. The van der Waals surface area contributed by atoms with E-state index in [9.17, 15) is 17.2 Å². The van der Waals surface area contributed by atoms with Crippen LogP contribution in [0, 0.1) is 29.4 Å². The molecule has 0 unspecified atom stereocenters. The summed E-state index contributed by atoms with van der Waals surface area (Å²) in [6.45, 7) is 8.28. The number of sulfonamides is 1. The molecule has 114 valence electrons. The second-order valence-electron chi connectivity index (χ2n) is 5.58. The molecule has 1 aromatic carbocycles. The predicted octanol–water partition coefficient (Wildman–Crippen LogP) is 3.17. The summed E-state index contributed by atoms with van der Waals surface area (Å²) >= 11 is 0. The Morgan fingerprint density at radius 3 is 2.10 bits per heavy atom. The number of hydrogen-bond acceptors (Lipinski definition) is 2. The molecule has 0 fully saturated rings. The lowest BCUT2D eigenvalue weighted by atomic mass is 9.86. The van der Waals surface area contributed by atoms with Crippen molar-refractivity contribution >= 4 is 10.0 Å². The normalized spacial score (nSPS) is 12.7. The van der Waals surface area contributed by atoms with E-state index in [2.05, 4.69) is 4.72 Å². The first-order valence-corrected chi connectivity index (χ1v) is 8.08. The monoisotopic (exact) mass is 305 g/mol. The van der Waals surface area contributed by atoms with Gasteiger partial charge in [-0.25, -0.2) is 21.9 Å². The van der Waals surface area contributed by atoms with Gasteiger partial charge in [0.1, 0.15) is 16.5 Å². The highest BCUT2D eigenvalue weighted by atomic mass is 32.2.